The van der Waals surface area contributed by atoms with Crippen LogP contribution < -0.4 is 5.32 Å². The van der Waals surface area contributed by atoms with E-state index in [2.05, 4.69) is 21.2 Å². The lowest BCUT2D eigenvalue weighted by molar-refractivity contribution is -0.151. The lowest BCUT2D eigenvalue weighted by Gasteiger charge is -2.41. The maximum atomic E-state index is 12.6. The molecule has 0 saturated carbocycles. The highest BCUT2D eigenvalue weighted by molar-refractivity contribution is 9.10. The number of halogens is 1. The number of nitrogens with zero attached hydrogens (tertiary/aromatic N) is 1. The third-order valence-corrected chi connectivity index (χ3v) is 4.37. The van der Waals surface area contributed by atoms with Gasteiger partial charge in [-0.3, -0.25) is 9.59 Å². The van der Waals surface area contributed by atoms with Crippen LogP contribution in [0.2, 0.25) is 0 Å². The first kappa shape index (κ1) is 15.0. The fraction of sp³-hybridized carbons (Fsp3) is 0.467. The number of carbonyl (C=O) groups excluding carboxylic acids is 2. The molecule has 2 amide bonds. The summed E-state index contributed by atoms with van der Waals surface area (Å²) in [5.41, 5.74) is 0.282. The second-order valence-electron chi connectivity index (χ2n) is 5.13. The van der Waals surface area contributed by atoms with Crippen molar-refractivity contribution >= 4 is 27.7 Å². The molecule has 5 heteroatoms. The summed E-state index contributed by atoms with van der Waals surface area (Å²) in [6.45, 7) is 4.47. The summed E-state index contributed by atoms with van der Waals surface area (Å²) in [6, 6.07) is 7.81. The zero-order valence-corrected chi connectivity index (χ0v) is 13.4. The van der Waals surface area contributed by atoms with Crippen LogP contribution in [0, 0.1) is 0 Å². The van der Waals surface area contributed by atoms with Crippen molar-refractivity contribution in [1.29, 1.82) is 0 Å². The first-order chi connectivity index (χ1) is 9.50. The van der Waals surface area contributed by atoms with E-state index >= 15 is 0 Å². The summed E-state index contributed by atoms with van der Waals surface area (Å²) in [6.07, 6.45) is 1.23. The van der Waals surface area contributed by atoms with Crippen LogP contribution in [0.25, 0.3) is 0 Å². The van der Waals surface area contributed by atoms with Gasteiger partial charge in [0, 0.05) is 11.0 Å². The molecule has 1 aliphatic heterocycles. The Bertz CT molecular complexity index is 526. The summed E-state index contributed by atoms with van der Waals surface area (Å²) in [5.74, 6) is -0.0645. The number of nitrogens with one attached hydrogen (secondary N) is 1. The third-order valence-electron chi connectivity index (χ3n) is 3.88. The standard InChI is InChI=1S/C15H19BrN2O2/c1-3-15(4-2)14(20)18(10-13(19)17-15)9-11-6-5-7-12(16)8-11/h5-8H,3-4,9-10H2,1-2H3,(H,17,19). The molecule has 1 saturated heterocycles. The molecule has 1 aliphatic rings. The molecule has 2 rings (SSSR count). The average Bonchev–Trinajstić information content (AvgIpc) is 2.42. The Morgan fingerprint density at radius 3 is 2.60 bits per heavy atom. The number of hydrogen-bond donors (Lipinski definition) is 1. The van der Waals surface area contributed by atoms with Crippen LogP contribution in [0.3, 0.4) is 0 Å². The Morgan fingerprint density at radius 1 is 1.30 bits per heavy atom. The first-order valence-corrected chi connectivity index (χ1v) is 7.65. The Balaban J connectivity index is 2.22. The molecule has 0 unspecified atom stereocenters. The van der Waals surface area contributed by atoms with Gasteiger partial charge in [-0.25, -0.2) is 0 Å². The molecular weight excluding hydrogens is 320 g/mol. The van der Waals surface area contributed by atoms with E-state index in [1.807, 2.05) is 38.1 Å². The first-order valence-electron chi connectivity index (χ1n) is 6.85. The lowest BCUT2D eigenvalue weighted by atomic mass is 9.88. The van der Waals surface area contributed by atoms with E-state index in [1.54, 1.807) is 4.90 Å². The molecule has 0 aliphatic carbocycles. The topological polar surface area (TPSA) is 49.4 Å². The monoisotopic (exact) mass is 338 g/mol. The molecule has 0 spiro atoms. The molecule has 1 aromatic carbocycles. The molecule has 108 valence electrons. The van der Waals surface area contributed by atoms with Crippen molar-refractivity contribution in [1.82, 2.24) is 10.2 Å². The maximum Gasteiger partial charge on any atom is 0.249 e. The molecule has 1 N–H and O–H groups in total. The van der Waals surface area contributed by atoms with E-state index in [1.165, 1.54) is 0 Å². The molecule has 1 aromatic rings. The van der Waals surface area contributed by atoms with Gasteiger partial charge < -0.3 is 10.2 Å². The normalized spacial score (nSPS) is 18.1. The minimum Gasteiger partial charge on any atom is -0.340 e. The van der Waals surface area contributed by atoms with E-state index in [9.17, 15) is 9.59 Å². The molecule has 0 aromatic heterocycles. The van der Waals surface area contributed by atoms with Crippen molar-refractivity contribution in [2.75, 3.05) is 6.54 Å². The summed E-state index contributed by atoms with van der Waals surface area (Å²) < 4.78 is 0.973. The highest BCUT2D eigenvalue weighted by Gasteiger charge is 2.43. The fourth-order valence-corrected chi connectivity index (χ4v) is 3.07. The number of carbonyl (C=O) groups is 2. The Morgan fingerprint density at radius 2 is 2.00 bits per heavy atom. The predicted molar refractivity (Wildman–Crippen MR) is 81.0 cm³/mol. The second kappa shape index (κ2) is 5.95. The van der Waals surface area contributed by atoms with Crippen LogP contribution >= 0.6 is 15.9 Å². The number of piperazine rings is 1. The minimum atomic E-state index is -0.735. The smallest absolute Gasteiger partial charge is 0.249 e. The fourth-order valence-electron chi connectivity index (χ4n) is 2.62. The zero-order chi connectivity index (χ0) is 14.8. The number of benzene rings is 1. The van der Waals surface area contributed by atoms with E-state index in [4.69, 9.17) is 0 Å². The van der Waals surface area contributed by atoms with Crippen molar-refractivity contribution < 1.29 is 9.59 Å². The van der Waals surface area contributed by atoms with Crippen LogP contribution in [0.1, 0.15) is 32.3 Å². The van der Waals surface area contributed by atoms with Gasteiger partial charge in [-0.1, -0.05) is 41.9 Å². The van der Waals surface area contributed by atoms with Gasteiger partial charge in [0.15, 0.2) is 0 Å². The lowest BCUT2D eigenvalue weighted by Crippen LogP contribution is -2.65. The van der Waals surface area contributed by atoms with E-state index in [0.29, 0.717) is 19.4 Å². The molecule has 0 radical (unpaired) electrons. The van der Waals surface area contributed by atoms with Gasteiger partial charge in [0.1, 0.15) is 5.54 Å². The Hall–Kier alpha value is -1.36. The third kappa shape index (κ3) is 2.87. The zero-order valence-electron chi connectivity index (χ0n) is 11.8. The maximum absolute atomic E-state index is 12.6. The van der Waals surface area contributed by atoms with Crippen LogP contribution in [0.15, 0.2) is 28.7 Å². The van der Waals surface area contributed by atoms with Gasteiger partial charge in [-0.2, -0.15) is 0 Å². The largest absolute Gasteiger partial charge is 0.340 e. The van der Waals surface area contributed by atoms with E-state index < -0.39 is 5.54 Å². The van der Waals surface area contributed by atoms with Gasteiger partial charge in [0.25, 0.3) is 0 Å². The summed E-state index contributed by atoms with van der Waals surface area (Å²) in [4.78, 5) is 26.2. The van der Waals surface area contributed by atoms with Crippen LogP contribution in [-0.4, -0.2) is 28.8 Å². The SMILES string of the molecule is CCC1(CC)NC(=O)CN(Cc2cccc(Br)c2)C1=O. The van der Waals surface area contributed by atoms with Crippen molar-refractivity contribution in [2.45, 2.75) is 38.8 Å². The van der Waals surface area contributed by atoms with E-state index in [-0.39, 0.29) is 18.4 Å². The van der Waals surface area contributed by atoms with Crippen molar-refractivity contribution in [2.24, 2.45) is 0 Å². The molecule has 0 bridgehead atoms. The quantitative estimate of drug-likeness (QED) is 0.916. The van der Waals surface area contributed by atoms with Crippen molar-refractivity contribution in [3.63, 3.8) is 0 Å². The molecule has 20 heavy (non-hydrogen) atoms. The van der Waals surface area contributed by atoms with Gasteiger partial charge in [0.2, 0.25) is 11.8 Å². The highest BCUT2D eigenvalue weighted by atomic mass is 79.9. The van der Waals surface area contributed by atoms with Gasteiger partial charge >= 0.3 is 0 Å². The molecule has 1 heterocycles. The summed E-state index contributed by atoms with van der Waals surface area (Å²) in [5, 5.41) is 2.87. The van der Waals surface area contributed by atoms with Crippen LogP contribution in [0.4, 0.5) is 0 Å². The van der Waals surface area contributed by atoms with E-state index in [0.717, 1.165) is 10.0 Å². The molecule has 0 atom stereocenters. The summed E-state index contributed by atoms with van der Waals surface area (Å²) >= 11 is 3.42. The predicted octanol–water partition coefficient (Wildman–Crippen LogP) is 2.47. The number of rotatable bonds is 4. The average molecular weight is 339 g/mol. The van der Waals surface area contributed by atoms with Crippen LogP contribution in [-0.2, 0) is 16.1 Å². The summed E-state index contributed by atoms with van der Waals surface area (Å²) in [7, 11) is 0. The number of amides is 2. The van der Waals surface area contributed by atoms with Gasteiger partial charge in [0.05, 0.1) is 6.54 Å². The molecule has 1 fully saturated rings. The number of hydrogen-bond acceptors (Lipinski definition) is 2. The van der Waals surface area contributed by atoms with Gasteiger partial charge in [-0.15, -0.1) is 0 Å². The minimum absolute atomic E-state index is 0.0158. The Labute approximate surface area is 127 Å². The Kier molecular flexibility index (Phi) is 4.48. The van der Waals surface area contributed by atoms with Crippen molar-refractivity contribution in [3.8, 4) is 0 Å². The van der Waals surface area contributed by atoms with Crippen molar-refractivity contribution in [3.05, 3.63) is 34.3 Å². The van der Waals surface area contributed by atoms with Gasteiger partial charge in [-0.05, 0) is 30.5 Å². The second-order valence-corrected chi connectivity index (χ2v) is 6.04. The molecule has 4 nitrogen and oxygen atoms in total. The van der Waals surface area contributed by atoms with Crippen LogP contribution in [0.5, 0.6) is 0 Å². The highest BCUT2D eigenvalue weighted by Crippen LogP contribution is 2.24. The molecular formula is C15H19BrN2O2.